The molecule has 1 aliphatic heterocycles. The fourth-order valence-electron chi connectivity index (χ4n) is 2.98. The molecule has 3 rings (SSSR count). The molecule has 0 spiro atoms. The van der Waals surface area contributed by atoms with Crippen molar-refractivity contribution in [2.24, 2.45) is 0 Å². The third kappa shape index (κ3) is 4.04. The Morgan fingerprint density at radius 1 is 1.04 bits per heavy atom. The number of piperazine rings is 1. The van der Waals surface area contributed by atoms with Crippen molar-refractivity contribution in [2.75, 3.05) is 44.7 Å². The van der Waals surface area contributed by atoms with Gasteiger partial charge < -0.3 is 14.7 Å². The van der Waals surface area contributed by atoms with Gasteiger partial charge in [0.15, 0.2) is 0 Å². The minimum Gasteiger partial charge on any atom is -0.368 e. The van der Waals surface area contributed by atoms with E-state index in [9.17, 15) is 4.79 Å². The number of rotatable bonds is 4. The van der Waals surface area contributed by atoms with Crippen LogP contribution in [0.3, 0.4) is 0 Å². The van der Waals surface area contributed by atoms with Crippen molar-refractivity contribution in [1.29, 1.82) is 0 Å². The van der Waals surface area contributed by atoms with E-state index in [1.807, 2.05) is 35.0 Å². The van der Waals surface area contributed by atoms with E-state index in [4.69, 9.17) is 0 Å². The first-order valence-electron chi connectivity index (χ1n) is 8.43. The third-order valence-corrected chi connectivity index (χ3v) is 4.48. The molecule has 0 N–H and O–H groups in total. The van der Waals surface area contributed by atoms with E-state index in [2.05, 4.69) is 34.1 Å². The minimum atomic E-state index is 0.122. The van der Waals surface area contributed by atoms with Crippen LogP contribution >= 0.6 is 0 Å². The highest BCUT2D eigenvalue weighted by atomic mass is 16.2. The maximum atomic E-state index is 12.6. The molecular formula is C19H24N4O. The molecule has 0 saturated carbocycles. The second kappa shape index (κ2) is 7.81. The maximum Gasteiger partial charge on any atom is 0.319 e. The standard InChI is InChI=1S/C19H24N4O/c1-21(12-9-17-7-10-20-11-8-17)19(24)23-15-13-22(14-16-23)18-5-3-2-4-6-18/h2-8,10-11H,9,12-16H2,1H3. The monoisotopic (exact) mass is 324 g/mol. The number of benzene rings is 1. The number of pyridine rings is 1. The fourth-order valence-corrected chi connectivity index (χ4v) is 2.98. The lowest BCUT2D eigenvalue weighted by Gasteiger charge is -2.37. The summed E-state index contributed by atoms with van der Waals surface area (Å²) in [5, 5.41) is 0. The van der Waals surface area contributed by atoms with Crippen LogP contribution in [0.4, 0.5) is 10.5 Å². The summed E-state index contributed by atoms with van der Waals surface area (Å²) in [6.07, 6.45) is 4.44. The molecule has 0 bridgehead atoms. The van der Waals surface area contributed by atoms with Crippen LogP contribution in [0.15, 0.2) is 54.9 Å². The predicted molar refractivity (Wildman–Crippen MR) is 96.2 cm³/mol. The van der Waals surface area contributed by atoms with Gasteiger partial charge in [0, 0.05) is 57.9 Å². The quantitative estimate of drug-likeness (QED) is 0.867. The Balaban J connectivity index is 1.48. The first-order chi connectivity index (χ1) is 11.7. The Bertz CT molecular complexity index is 639. The van der Waals surface area contributed by atoms with E-state index >= 15 is 0 Å². The number of amides is 2. The van der Waals surface area contributed by atoms with Gasteiger partial charge in [0.2, 0.25) is 0 Å². The summed E-state index contributed by atoms with van der Waals surface area (Å²) in [6, 6.07) is 14.5. The van der Waals surface area contributed by atoms with Gasteiger partial charge in [-0.05, 0) is 36.2 Å². The number of carbonyl (C=O) groups is 1. The second-order valence-electron chi connectivity index (χ2n) is 6.12. The van der Waals surface area contributed by atoms with Gasteiger partial charge in [0.25, 0.3) is 0 Å². The number of aromatic nitrogens is 1. The number of likely N-dealkylation sites (N-methyl/N-ethyl adjacent to an activating group) is 1. The van der Waals surface area contributed by atoms with Gasteiger partial charge in [-0.2, -0.15) is 0 Å². The van der Waals surface area contributed by atoms with E-state index < -0.39 is 0 Å². The number of carbonyl (C=O) groups excluding carboxylic acids is 1. The highest BCUT2D eigenvalue weighted by Gasteiger charge is 2.23. The second-order valence-corrected chi connectivity index (χ2v) is 6.12. The Labute approximate surface area is 143 Å². The van der Waals surface area contributed by atoms with Crippen molar-refractivity contribution in [3.63, 3.8) is 0 Å². The summed E-state index contributed by atoms with van der Waals surface area (Å²) >= 11 is 0. The van der Waals surface area contributed by atoms with Crippen LogP contribution in [0.25, 0.3) is 0 Å². The van der Waals surface area contributed by atoms with E-state index in [-0.39, 0.29) is 6.03 Å². The summed E-state index contributed by atoms with van der Waals surface area (Å²) in [5.74, 6) is 0. The number of para-hydroxylation sites is 1. The molecule has 1 aliphatic rings. The highest BCUT2D eigenvalue weighted by molar-refractivity contribution is 5.74. The Morgan fingerprint density at radius 3 is 2.38 bits per heavy atom. The fraction of sp³-hybridized carbons (Fsp3) is 0.368. The van der Waals surface area contributed by atoms with Gasteiger partial charge in [-0.3, -0.25) is 4.98 Å². The SMILES string of the molecule is CN(CCc1ccncc1)C(=O)N1CCN(c2ccccc2)CC1. The molecule has 2 aromatic rings. The third-order valence-electron chi connectivity index (χ3n) is 4.48. The lowest BCUT2D eigenvalue weighted by atomic mass is 10.2. The normalized spacial score (nSPS) is 14.5. The van der Waals surface area contributed by atoms with E-state index in [1.54, 1.807) is 12.4 Å². The van der Waals surface area contributed by atoms with Crippen molar-refractivity contribution >= 4 is 11.7 Å². The van der Waals surface area contributed by atoms with Crippen LogP contribution in [-0.2, 0) is 6.42 Å². The van der Waals surface area contributed by atoms with Gasteiger partial charge in [0.05, 0.1) is 0 Å². The van der Waals surface area contributed by atoms with Gasteiger partial charge in [-0.25, -0.2) is 4.79 Å². The van der Waals surface area contributed by atoms with Crippen LogP contribution in [0.5, 0.6) is 0 Å². The van der Waals surface area contributed by atoms with Gasteiger partial charge in [-0.15, -0.1) is 0 Å². The summed E-state index contributed by atoms with van der Waals surface area (Å²) in [5.41, 5.74) is 2.44. The average molecular weight is 324 g/mol. The molecule has 2 heterocycles. The zero-order chi connectivity index (χ0) is 16.8. The Morgan fingerprint density at radius 2 is 1.71 bits per heavy atom. The zero-order valence-corrected chi connectivity index (χ0v) is 14.1. The number of urea groups is 1. The van der Waals surface area contributed by atoms with Gasteiger partial charge in [-0.1, -0.05) is 18.2 Å². The molecule has 5 heteroatoms. The van der Waals surface area contributed by atoms with E-state index in [0.717, 1.165) is 39.1 Å². The van der Waals surface area contributed by atoms with Crippen LogP contribution in [0, 0.1) is 0 Å². The maximum absolute atomic E-state index is 12.6. The summed E-state index contributed by atoms with van der Waals surface area (Å²) < 4.78 is 0. The molecule has 0 atom stereocenters. The number of anilines is 1. The van der Waals surface area contributed by atoms with E-state index in [1.165, 1.54) is 11.3 Å². The molecule has 126 valence electrons. The molecule has 0 radical (unpaired) electrons. The van der Waals surface area contributed by atoms with Crippen molar-refractivity contribution < 1.29 is 4.79 Å². The van der Waals surface area contributed by atoms with Gasteiger partial charge >= 0.3 is 6.03 Å². The van der Waals surface area contributed by atoms with Crippen LogP contribution in [-0.4, -0.2) is 60.6 Å². The first kappa shape index (κ1) is 16.3. The zero-order valence-electron chi connectivity index (χ0n) is 14.1. The molecule has 1 aromatic heterocycles. The smallest absolute Gasteiger partial charge is 0.319 e. The molecule has 2 amide bonds. The minimum absolute atomic E-state index is 0.122. The lowest BCUT2D eigenvalue weighted by Crippen LogP contribution is -2.52. The average Bonchev–Trinajstić information content (AvgIpc) is 2.67. The number of hydrogen-bond acceptors (Lipinski definition) is 3. The highest BCUT2D eigenvalue weighted by Crippen LogP contribution is 2.16. The number of hydrogen-bond donors (Lipinski definition) is 0. The molecule has 1 fully saturated rings. The molecule has 0 aliphatic carbocycles. The Kier molecular flexibility index (Phi) is 5.31. The molecule has 0 unspecified atom stereocenters. The van der Waals surface area contributed by atoms with Crippen molar-refractivity contribution in [1.82, 2.24) is 14.8 Å². The molecule has 1 saturated heterocycles. The number of nitrogens with zero attached hydrogens (tertiary/aromatic N) is 4. The van der Waals surface area contributed by atoms with Crippen molar-refractivity contribution in [2.45, 2.75) is 6.42 Å². The molecule has 1 aromatic carbocycles. The molecular weight excluding hydrogens is 300 g/mol. The Hall–Kier alpha value is -2.56. The van der Waals surface area contributed by atoms with Crippen molar-refractivity contribution in [3.8, 4) is 0 Å². The predicted octanol–water partition coefficient (Wildman–Crippen LogP) is 2.50. The van der Waals surface area contributed by atoms with Crippen molar-refractivity contribution in [3.05, 3.63) is 60.4 Å². The largest absolute Gasteiger partial charge is 0.368 e. The summed E-state index contributed by atoms with van der Waals surface area (Å²) in [4.78, 5) is 22.7. The molecule has 24 heavy (non-hydrogen) atoms. The topological polar surface area (TPSA) is 39.7 Å². The lowest BCUT2D eigenvalue weighted by molar-refractivity contribution is 0.160. The summed E-state index contributed by atoms with van der Waals surface area (Å²) in [6.45, 7) is 4.03. The molecule has 5 nitrogen and oxygen atoms in total. The van der Waals surface area contributed by atoms with E-state index in [0.29, 0.717) is 0 Å². The van der Waals surface area contributed by atoms with Crippen LogP contribution in [0.1, 0.15) is 5.56 Å². The first-order valence-corrected chi connectivity index (χ1v) is 8.43. The van der Waals surface area contributed by atoms with Crippen LogP contribution < -0.4 is 4.90 Å². The van der Waals surface area contributed by atoms with Crippen LogP contribution in [0.2, 0.25) is 0 Å². The van der Waals surface area contributed by atoms with Gasteiger partial charge in [0.1, 0.15) is 0 Å². The summed E-state index contributed by atoms with van der Waals surface area (Å²) in [7, 11) is 1.88.